The summed E-state index contributed by atoms with van der Waals surface area (Å²) in [5.74, 6) is 0.426. The molecule has 0 heterocycles. The van der Waals surface area contributed by atoms with E-state index >= 15 is 0 Å². The maximum absolute atomic E-state index is 12.5. The summed E-state index contributed by atoms with van der Waals surface area (Å²) < 4.78 is 10.2. The standard InChI is InChI=1S/C22H21BN2O6/c1-30-19-7-3-14(4-8-19)21(26)24-17-11-16(23(28)29)12-18(13-17)25-22(27)15-5-9-20(31-2)10-6-15/h3-13,28-29H,1-2H3,(H,24,26)(H,25,27). The molecule has 0 bridgehead atoms. The number of anilines is 2. The molecule has 3 rings (SSSR count). The van der Waals surface area contributed by atoms with Crippen molar-refractivity contribution in [1.82, 2.24) is 0 Å². The van der Waals surface area contributed by atoms with Crippen LogP contribution < -0.4 is 25.6 Å². The van der Waals surface area contributed by atoms with Gasteiger partial charge in [-0.05, 0) is 72.2 Å². The molecule has 31 heavy (non-hydrogen) atoms. The van der Waals surface area contributed by atoms with Gasteiger partial charge in [-0.1, -0.05) is 0 Å². The lowest BCUT2D eigenvalue weighted by Crippen LogP contribution is -2.31. The summed E-state index contributed by atoms with van der Waals surface area (Å²) in [4.78, 5) is 25.1. The number of amides is 2. The summed E-state index contributed by atoms with van der Waals surface area (Å²) in [6.07, 6.45) is 0. The lowest BCUT2D eigenvalue weighted by Gasteiger charge is -2.12. The molecule has 3 aromatic carbocycles. The van der Waals surface area contributed by atoms with Crippen LogP contribution in [-0.2, 0) is 0 Å². The highest BCUT2D eigenvalue weighted by Gasteiger charge is 2.16. The minimum atomic E-state index is -1.78. The fraction of sp³-hybridized carbons (Fsp3) is 0.0909. The van der Waals surface area contributed by atoms with E-state index in [1.807, 2.05) is 0 Å². The Morgan fingerprint density at radius 1 is 0.710 bits per heavy atom. The monoisotopic (exact) mass is 420 g/mol. The Balaban J connectivity index is 1.80. The zero-order valence-corrected chi connectivity index (χ0v) is 17.0. The Bertz CT molecular complexity index is 989. The molecule has 0 atom stereocenters. The van der Waals surface area contributed by atoms with Crippen molar-refractivity contribution >= 4 is 35.8 Å². The Kier molecular flexibility index (Phi) is 6.91. The molecule has 2 amide bonds. The summed E-state index contributed by atoms with van der Waals surface area (Å²) in [6, 6.07) is 17.4. The van der Waals surface area contributed by atoms with E-state index in [-0.39, 0.29) is 16.8 Å². The van der Waals surface area contributed by atoms with Crippen LogP contribution in [-0.4, -0.2) is 43.2 Å². The molecule has 0 aliphatic carbocycles. The summed E-state index contributed by atoms with van der Waals surface area (Å²) in [5, 5.41) is 24.6. The first kappa shape index (κ1) is 21.9. The normalized spacial score (nSPS) is 10.2. The van der Waals surface area contributed by atoms with Crippen LogP contribution in [0.2, 0.25) is 0 Å². The van der Waals surface area contributed by atoms with E-state index in [4.69, 9.17) is 9.47 Å². The highest BCUT2D eigenvalue weighted by atomic mass is 16.5. The molecule has 0 aliphatic heterocycles. The van der Waals surface area contributed by atoms with Crippen molar-refractivity contribution < 1.29 is 29.1 Å². The van der Waals surface area contributed by atoms with Crippen LogP contribution >= 0.6 is 0 Å². The SMILES string of the molecule is COc1ccc(C(=O)Nc2cc(NC(=O)c3ccc(OC)cc3)cc(B(O)O)c2)cc1. The molecule has 0 radical (unpaired) electrons. The van der Waals surface area contributed by atoms with Crippen molar-refractivity contribution in [3.05, 3.63) is 77.9 Å². The van der Waals surface area contributed by atoms with Crippen LogP contribution in [0.4, 0.5) is 11.4 Å². The molecular formula is C22H21BN2O6. The molecule has 0 aliphatic rings. The quantitative estimate of drug-likeness (QED) is 0.434. The zero-order chi connectivity index (χ0) is 22.4. The van der Waals surface area contributed by atoms with Crippen LogP contribution in [0.1, 0.15) is 20.7 Å². The number of carbonyl (C=O) groups excluding carboxylic acids is 2. The smallest absolute Gasteiger partial charge is 0.488 e. The molecule has 0 unspecified atom stereocenters. The predicted octanol–water partition coefficient (Wildman–Crippen LogP) is 1.89. The predicted molar refractivity (Wildman–Crippen MR) is 118 cm³/mol. The highest BCUT2D eigenvalue weighted by molar-refractivity contribution is 6.59. The van der Waals surface area contributed by atoms with Gasteiger partial charge in [0.15, 0.2) is 0 Å². The van der Waals surface area contributed by atoms with Crippen molar-refractivity contribution in [2.24, 2.45) is 0 Å². The Morgan fingerprint density at radius 3 is 1.42 bits per heavy atom. The van der Waals surface area contributed by atoms with E-state index < -0.39 is 18.9 Å². The van der Waals surface area contributed by atoms with E-state index in [9.17, 15) is 19.6 Å². The maximum atomic E-state index is 12.5. The van der Waals surface area contributed by atoms with Gasteiger partial charge < -0.3 is 30.2 Å². The van der Waals surface area contributed by atoms with Gasteiger partial charge in [-0.25, -0.2) is 0 Å². The zero-order valence-electron chi connectivity index (χ0n) is 17.0. The molecule has 0 aromatic heterocycles. The number of benzene rings is 3. The van der Waals surface area contributed by atoms with Crippen molar-refractivity contribution in [3.8, 4) is 11.5 Å². The number of ether oxygens (including phenoxy) is 2. The van der Waals surface area contributed by atoms with E-state index in [1.54, 1.807) is 48.5 Å². The van der Waals surface area contributed by atoms with Gasteiger partial charge in [0.25, 0.3) is 11.8 Å². The molecule has 0 saturated carbocycles. The lowest BCUT2D eigenvalue weighted by atomic mass is 9.80. The first-order chi connectivity index (χ1) is 14.9. The van der Waals surface area contributed by atoms with Gasteiger partial charge in [0.2, 0.25) is 0 Å². The summed E-state index contributed by atoms with van der Waals surface area (Å²) >= 11 is 0. The number of hydrogen-bond donors (Lipinski definition) is 4. The van der Waals surface area contributed by atoms with Crippen LogP contribution in [0.3, 0.4) is 0 Å². The molecule has 8 nitrogen and oxygen atoms in total. The topological polar surface area (TPSA) is 117 Å². The van der Waals surface area contributed by atoms with Crippen molar-refractivity contribution in [2.75, 3.05) is 24.9 Å². The van der Waals surface area contributed by atoms with Crippen molar-refractivity contribution in [2.45, 2.75) is 0 Å². The van der Waals surface area contributed by atoms with Crippen LogP contribution in [0.15, 0.2) is 66.7 Å². The number of hydrogen-bond acceptors (Lipinski definition) is 6. The second-order valence-electron chi connectivity index (χ2n) is 6.58. The number of rotatable bonds is 7. The van der Waals surface area contributed by atoms with E-state index in [2.05, 4.69) is 10.6 Å². The maximum Gasteiger partial charge on any atom is 0.488 e. The second-order valence-corrected chi connectivity index (χ2v) is 6.58. The third-order valence-electron chi connectivity index (χ3n) is 4.47. The van der Waals surface area contributed by atoms with Gasteiger partial charge in [0, 0.05) is 22.5 Å². The van der Waals surface area contributed by atoms with Gasteiger partial charge in [-0.2, -0.15) is 0 Å². The van der Waals surface area contributed by atoms with Crippen molar-refractivity contribution in [1.29, 1.82) is 0 Å². The summed E-state index contributed by atoms with van der Waals surface area (Å²) in [7, 11) is 1.28. The van der Waals surface area contributed by atoms with E-state index in [0.29, 0.717) is 22.6 Å². The minimum Gasteiger partial charge on any atom is -0.497 e. The van der Waals surface area contributed by atoms with Crippen molar-refractivity contribution in [3.63, 3.8) is 0 Å². The largest absolute Gasteiger partial charge is 0.497 e. The number of carbonyl (C=O) groups is 2. The molecule has 4 N–H and O–H groups in total. The van der Waals surface area contributed by atoms with Gasteiger partial charge in [-0.3, -0.25) is 9.59 Å². The third-order valence-corrected chi connectivity index (χ3v) is 4.47. The second kappa shape index (κ2) is 9.79. The van der Waals surface area contributed by atoms with Crippen LogP contribution in [0.5, 0.6) is 11.5 Å². The van der Waals surface area contributed by atoms with Gasteiger partial charge in [0.1, 0.15) is 11.5 Å². The van der Waals surface area contributed by atoms with E-state index in [0.717, 1.165) is 0 Å². The fourth-order valence-electron chi connectivity index (χ4n) is 2.84. The molecule has 0 fully saturated rings. The number of methoxy groups -OCH3 is 2. The Labute approximate surface area is 179 Å². The van der Waals surface area contributed by atoms with Gasteiger partial charge >= 0.3 is 7.12 Å². The molecule has 0 saturated heterocycles. The van der Waals surface area contributed by atoms with Crippen LogP contribution in [0.25, 0.3) is 0 Å². The fourth-order valence-corrected chi connectivity index (χ4v) is 2.84. The van der Waals surface area contributed by atoms with Gasteiger partial charge in [-0.15, -0.1) is 0 Å². The summed E-state index contributed by atoms with van der Waals surface area (Å²) in [5.41, 5.74) is 1.46. The molecule has 158 valence electrons. The first-order valence-electron chi connectivity index (χ1n) is 9.31. The molecule has 3 aromatic rings. The first-order valence-corrected chi connectivity index (χ1v) is 9.31. The van der Waals surface area contributed by atoms with Crippen LogP contribution in [0, 0.1) is 0 Å². The van der Waals surface area contributed by atoms with E-state index in [1.165, 1.54) is 32.4 Å². The number of nitrogens with one attached hydrogen (secondary N) is 2. The lowest BCUT2D eigenvalue weighted by molar-refractivity contribution is 0.101. The average Bonchev–Trinajstić information content (AvgIpc) is 2.78. The Morgan fingerprint density at radius 2 is 1.10 bits per heavy atom. The minimum absolute atomic E-state index is 0.109. The van der Waals surface area contributed by atoms with Gasteiger partial charge in [0.05, 0.1) is 14.2 Å². The average molecular weight is 420 g/mol. The molecular weight excluding hydrogens is 399 g/mol. The molecule has 9 heteroatoms. The Hall–Kier alpha value is -3.82. The summed E-state index contributed by atoms with van der Waals surface area (Å²) in [6.45, 7) is 0. The molecule has 0 spiro atoms. The highest BCUT2D eigenvalue weighted by Crippen LogP contribution is 2.18. The third kappa shape index (κ3) is 5.62.